The van der Waals surface area contributed by atoms with Crippen LogP contribution >= 0.6 is 0 Å². The lowest BCUT2D eigenvalue weighted by atomic mass is 9.73. The van der Waals surface area contributed by atoms with Gasteiger partial charge in [-0.1, -0.05) is 30.3 Å². The number of carboxylic acids is 1. The summed E-state index contributed by atoms with van der Waals surface area (Å²) in [5, 5.41) is 9.76. The minimum Gasteiger partial charge on any atom is -0.481 e. The standard InChI is InChI=1S/C18H25NO5S/c1-17(2,3)25(23,24)13-15(20)19-11-9-18(10-12-19,16(21)22)14-7-5-4-6-8-14/h4-8H,9-13H2,1-3H3,(H,21,22). The second kappa shape index (κ2) is 6.78. The van der Waals surface area contributed by atoms with Gasteiger partial charge in [0.1, 0.15) is 5.75 Å². The van der Waals surface area contributed by atoms with Crippen LogP contribution in [0.5, 0.6) is 0 Å². The third-order valence-electron chi connectivity index (χ3n) is 4.95. The van der Waals surface area contributed by atoms with Crippen molar-refractivity contribution in [3.05, 3.63) is 35.9 Å². The first-order valence-electron chi connectivity index (χ1n) is 8.29. The van der Waals surface area contributed by atoms with Crippen LogP contribution in [0.4, 0.5) is 0 Å². The number of amides is 1. The van der Waals surface area contributed by atoms with Gasteiger partial charge < -0.3 is 10.0 Å². The number of carbonyl (C=O) groups excluding carboxylic acids is 1. The highest BCUT2D eigenvalue weighted by atomic mass is 32.2. The quantitative estimate of drug-likeness (QED) is 0.877. The highest BCUT2D eigenvalue weighted by Crippen LogP contribution is 2.36. The summed E-state index contributed by atoms with van der Waals surface area (Å²) in [5.74, 6) is -1.91. The molecule has 1 amide bonds. The Labute approximate surface area is 148 Å². The fraction of sp³-hybridized carbons (Fsp3) is 0.556. The molecule has 0 aliphatic carbocycles. The third kappa shape index (κ3) is 3.86. The van der Waals surface area contributed by atoms with Crippen molar-refractivity contribution in [3.63, 3.8) is 0 Å². The fourth-order valence-corrected chi connectivity index (χ4v) is 3.93. The molecule has 0 radical (unpaired) electrons. The van der Waals surface area contributed by atoms with E-state index in [1.807, 2.05) is 6.07 Å². The smallest absolute Gasteiger partial charge is 0.314 e. The average molecular weight is 367 g/mol. The maximum absolute atomic E-state index is 12.4. The van der Waals surface area contributed by atoms with E-state index in [9.17, 15) is 23.1 Å². The van der Waals surface area contributed by atoms with Crippen molar-refractivity contribution in [3.8, 4) is 0 Å². The van der Waals surface area contributed by atoms with Crippen LogP contribution in [0.15, 0.2) is 30.3 Å². The first-order valence-corrected chi connectivity index (χ1v) is 9.94. The van der Waals surface area contributed by atoms with Gasteiger partial charge in [0.25, 0.3) is 0 Å². The van der Waals surface area contributed by atoms with E-state index in [1.165, 1.54) is 4.90 Å². The second-order valence-corrected chi connectivity index (χ2v) is 10.2. The number of nitrogens with zero attached hydrogens (tertiary/aromatic N) is 1. The van der Waals surface area contributed by atoms with Crippen LogP contribution in [-0.2, 0) is 24.8 Å². The van der Waals surface area contributed by atoms with E-state index in [1.54, 1.807) is 45.0 Å². The number of carboxylic acid groups (broad SMARTS) is 1. The Morgan fingerprint density at radius 1 is 1.12 bits per heavy atom. The van der Waals surface area contributed by atoms with Gasteiger partial charge in [0.05, 0.1) is 10.2 Å². The number of carbonyl (C=O) groups is 2. The van der Waals surface area contributed by atoms with E-state index >= 15 is 0 Å². The molecule has 1 fully saturated rings. The van der Waals surface area contributed by atoms with Crippen LogP contribution in [0.1, 0.15) is 39.2 Å². The van der Waals surface area contributed by atoms with Crippen molar-refractivity contribution in [2.45, 2.75) is 43.8 Å². The monoisotopic (exact) mass is 367 g/mol. The molecule has 0 bridgehead atoms. The number of hydrogen-bond donors (Lipinski definition) is 1. The molecule has 1 N–H and O–H groups in total. The zero-order valence-electron chi connectivity index (χ0n) is 14.9. The Balaban J connectivity index is 2.13. The highest BCUT2D eigenvalue weighted by Gasteiger charge is 2.44. The highest BCUT2D eigenvalue weighted by molar-refractivity contribution is 7.93. The van der Waals surface area contributed by atoms with Gasteiger partial charge in [-0.15, -0.1) is 0 Å². The largest absolute Gasteiger partial charge is 0.481 e. The number of rotatable bonds is 4. The van der Waals surface area contributed by atoms with E-state index in [-0.39, 0.29) is 25.9 Å². The lowest BCUT2D eigenvalue weighted by Crippen LogP contribution is -2.50. The summed E-state index contributed by atoms with van der Waals surface area (Å²) in [5.41, 5.74) is -0.307. The zero-order chi connectivity index (χ0) is 18.9. The molecule has 1 aromatic rings. The normalized spacial score (nSPS) is 18.0. The lowest BCUT2D eigenvalue weighted by Gasteiger charge is -2.39. The molecule has 0 unspecified atom stereocenters. The minimum absolute atomic E-state index is 0.236. The van der Waals surface area contributed by atoms with Gasteiger partial charge in [0.15, 0.2) is 9.84 Å². The molecule has 138 valence electrons. The molecular formula is C18H25NO5S. The molecule has 1 saturated heterocycles. The van der Waals surface area contributed by atoms with Crippen molar-refractivity contribution in [2.75, 3.05) is 18.8 Å². The second-order valence-electron chi connectivity index (χ2n) is 7.51. The fourth-order valence-electron chi connectivity index (χ4n) is 2.99. The Morgan fingerprint density at radius 3 is 2.08 bits per heavy atom. The number of benzene rings is 1. The Morgan fingerprint density at radius 2 is 1.64 bits per heavy atom. The van der Waals surface area contributed by atoms with Gasteiger partial charge in [0.2, 0.25) is 5.91 Å². The summed E-state index contributed by atoms with van der Waals surface area (Å²) < 4.78 is 23.4. The summed E-state index contributed by atoms with van der Waals surface area (Å²) in [6.45, 7) is 5.17. The Hall–Kier alpha value is -1.89. The molecule has 0 atom stereocenters. The summed E-state index contributed by atoms with van der Waals surface area (Å²) in [4.78, 5) is 25.8. The molecule has 6 nitrogen and oxygen atoms in total. The van der Waals surface area contributed by atoms with Crippen molar-refractivity contribution in [1.29, 1.82) is 0 Å². The lowest BCUT2D eigenvalue weighted by molar-refractivity contribution is -0.148. The van der Waals surface area contributed by atoms with Gasteiger partial charge in [-0.2, -0.15) is 0 Å². The number of aliphatic carboxylic acids is 1. The first kappa shape index (κ1) is 19.4. The van der Waals surface area contributed by atoms with Gasteiger partial charge in [-0.05, 0) is 39.2 Å². The zero-order valence-corrected chi connectivity index (χ0v) is 15.7. The number of sulfone groups is 1. The first-order chi connectivity index (χ1) is 11.5. The predicted molar refractivity (Wildman–Crippen MR) is 95.1 cm³/mol. The van der Waals surface area contributed by atoms with Gasteiger partial charge in [-0.3, -0.25) is 9.59 Å². The van der Waals surface area contributed by atoms with Crippen LogP contribution in [-0.4, -0.2) is 53.9 Å². The molecule has 7 heteroatoms. The van der Waals surface area contributed by atoms with Gasteiger partial charge >= 0.3 is 5.97 Å². The molecule has 0 spiro atoms. The molecule has 2 rings (SSSR count). The van der Waals surface area contributed by atoms with Crippen LogP contribution in [0, 0.1) is 0 Å². The summed E-state index contributed by atoms with van der Waals surface area (Å²) in [7, 11) is -3.55. The van der Waals surface area contributed by atoms with Gasteiger partial charge in [-0.25, -0.2) is 8.42 Å². The van der Waals surface area contributed by atoms with Crippen LogP contribution < -0.4 is 0 Å². The topological polar surface area (TPSA) is 91.8 Å². The van der Waals surface area contributed by atoms with Crippen molar-refractivity contribution >= 4 is 21.7 Å². The van der Waals surface area contributed by atoms with E-state index in [0.717, 1.165) is 5.56 Å². The molecular weight excluding hydrogens is 342 g/mol. The van der Waals surface area contributed by atoms with Crippen LogP contribution in [0.2, 0.25) is 0 Å². The van der Waals surface area contributed by atoms with Crippen LogP contribution in [0.25, 0.3) is 0 Å². The van der Waals surface area contributed by atoms with Crippen molar-refractivity contribution < 1.29 is 23.1 Å². The molecule has 0 saturated carbocycles. The third-order valence-corrected chi connectivity index (χ3v) is 7.44. The summed E-state index contributed by atoms with van der Waals surface area (Å²) in [6.07, 6.45) is 0.543. The van der Waals surface area contributed by atoms with E-state index in [4.69, 9.17) is 0 Å². The molecule has 1 aliphatic heterocycles. The number of likely N-dealkylation sites (tertiary alicyclic amines) is 1. The Bertz CT molecular complexity index is 741. The van der Waals surface area contributed by atoms with E-state index in [0.29, 0.717) is 0 Å². The molecule has 1 heterocycles. The van der Waals surface area contributed by atoms with Crippen molar-refractivity contribution in [1.82, 2.24) is 4.90 Å². The molecule has 25 heavy (non-hydrogen) atoms. The molecule has 0 aromatic heterocycles. The summed E-state index contributed by atoms with van der Waals surface area (Å²) in [6, 6.07) is 9.00. The van der Waals surface area contributed by atoms with Crippen molar-refractivity contribution in [2.24, 2.45) is 0 Å². The maximum atomic E-state index is 12.4. The van der Waals surface area contributed by atoms with E-state index in [2.05, 4.69) is 0 Å². The SMILES string of the molecule is CC(C)(C)S(=O)(=O)CC(=O)N1CCC(C(=O)O)(c2ccccc2)CC1. The average Bonchev–Trinajstić information content (AvgIpc) is 2.54. The van der Waals surface area contributed by atoms with E-state index < -0.39 is 37.6 Å². The number of hydrogen-bond acceptors (Lipinski definition) is 4. The maximum Gasteiger partial charge on any atom is 0.314 e. The molecule has 1 aliphatic rings. The van der Waals surface area contributed by atoms with Gasteiger partial charge in [0, 0.05) is 13.1 Å². The molecule has 1 aromatic carbocycles. The minimum atomic E-state index is -3.55. The Kier molecular flexibility index (Phi) is 5.27. The predicted octanol–water partition coefficient (Wildman–Crippen LogP) is 1.84. The van der Waals surface area contributed by atoms with Crippen LogP contribution in [0.3, 0.4) is 0 Å². The number of piperidine rings is 1. The summed E-state index contributed by atoms with van der Waals surface area (Å²) >= 11 is 0.